The van der Waals surface area contributed by atoms with Crippen LogP contribution < -0.4 is 19.1 Å². The van der Waals surface area contributed by atoms with E-state index in [-0.39, 0.29) is 121 Å². The summed E-state index contributed by atoms with van der Waals surface area (Å²) in [5, 5.41) is 1.17. The molecule has 4 saturated heterocycles. The minimum Gasteiger partial charge on any atom is -0.813 e. The van der Waals surface area contributed by atoms with Crippen LogP contribution in [-0.2, 0) is 23.0 Å². The van der Waals surface area contributed by atoms with Gasteiger partial charge in [0, 0.05) is 13.0 Å². The van der Waals surface area contributed by atoms with Crippen molar-refractivity contribution in [2.75, 3.05) is 51.7 Å². The molecular formula is C41H46F3N6O6PSTl-. The molecule has 12 nitrogen and oxygen atoms in total. The van der Waals surface area contributed by atoms with Gasteiger partial charge in [0.1, 0.15) is 11.8 Å². The molecule has 59 heavy (non-hydrogen) atoms. The van der Waals surface area contributed by atoms with Crippen LogP contribution in [0.15, 0.2) is 24.3 Å². The average Bonchev–Trinajstić information content (AvgIpc) is 3.78. The largest absolute Gasteiger partial charge is 0.813 e. The van der Waals surface area contributed by atoms with Crippen molar-refractivity contribution in [3.63, 3.8) is 0 Å². The number of hydrogen-bond acceptors (Lipinski definition) is 12. The fraction of sp³-hybridized carbons (Fsp3) is 0.512. The van der Waals surface area contributed by atoms with Gasteiger partial charge in [-0.25, -0.2) is 9.18 Å². The number of piperazine rings is 1. The van der Waals surface area contributed by atoms with E-state index >= 15 is 8.78 Å². The third-order valence-electron chi connectivity index (χ3n) is 11.8. The molecule has 312 valence electrons. The second-order valence-electron chi connectivity index (χ2n) is 16.5. The van der Waals surface area contributed by atoms with Crippen molar-refractivity contribution < 1.29 is 41.7 Å². The van der Waals surface area contributed by atoms with E-state index < -0.39 is 41.1 Å². The molecule has 0 spiro atoms. The topological polar surface area (TPSA) is 112 Å². The number of ether oxygens (including phenoxy) is 5. The molecule has 2 bridgehead atoms. The molecule has 0 N–H and O–H groups in total. The summed E-state index contributed by atoms with van der Waals surface area (Å²) in [5.41, 5.74) is -1.11. The van der Waals surface area contributed by atoms with Gasteiger partial charge in [0.25, 0.3) is 0 Å². The molecule has 1 unspecified atom stereocenters. The molecule has 7 heterocycles. The average molecular weight is 1040 g/mol. The van der Waals surface area contributed by atoms with Crippen LogP contribution >= 0.6 is 9.90 Å². The molecule has 1 amide bonds. The van der Waals surface area contributed by atoms with Gasteiger partial charge in [-0.15, -0.1) is 0 Å². The second-order valence-corrected chi connectivity index (χ2v) is 17.6. The van der Waals surface area contributed by atoms with Crippen LogP contribution in [0, 0.1) is 21.0 Å². The molecule has 0 aliphatic carbocycles. The number of amides is 1. The van der Waals surface area contributed by atoms with E-state index in [1.807, 2.05) is 25.7 Å². The Morgan fingerprint density at radius 2 is 1.90 bits per heavy atom. The van der Waals surface area contributed by atoms with Gasteiger partial charge in [-0.3, -0.25) is 9.80 Å². The summed E-state index contributed by atoms with van der Waals surface area (Å²) in [4.78, 5) is 34.1. The van der Waals surface area contributed by atoms with Crippen LogP contribution in [0.25, 0.3) is 32.9 Å². The van der Waals surface area contributed by atoms with Crippen molar-refractivity contribution in [2.45, 2.75) is 88.3 Å². The summed E-state index contributed by atoms with van der Waals surface area (Å²) < 4.78 is 80.7. The number of methoxy groups -OCH3 is 1. The third kappa shape index (κ3) is 7.76. The molecule has 0 saturated carbocycles. The fourth-order valence-electron chi connectivity index (χ4n) is 9.56. The molecule has 2 aromatic heterocycles. The van der Waals surface area contributed by atoms with Crippen LogP contribution in [0.5, 0.6) is 17.6 Å². The molecule has 5 aliphatic heterocycles. The standard InChI is InChI=1S/C41H42F3N6O6.H3P.H2S.Tl/c1-6-26-28(43)10-8-22-14-25(55-21-52-5)15-27(31(22)26)34-33(44)35-32-36(47-38(46-35)54-20-41-12-7-13-48(41)17-23(42)16-41)49-18-24-9-11-29(30(49)19-53-37(32)45-34)50(24)39(51)56-40(2,3)4;;;/h8,10,14-15,23-24,29-30H,7,9,11-13,16-21H2,2-5H3;1H3;1H2;/p-1/t23-,24+,29-,30-,41-;;;/m0.../s1. The number of benzene rings is 2. The molecule has 5 aliphatic rings. The Morgan fingerprint density at radius 3 is 2.66 bits per heavy atom. The number of carbonyl (C=O) groups excluding carboxylic acids is 1. The summed E-state index contributed by atoms with van der Waals surface area (Å²) in [5.74, 6) is 2.38. The van der Waals surface area contributed by atoms with E-state index in [2.05, 4.69) is 19.2 Å². The van der Waals surface area contributed by atoms with Crippen LogP contribution in [0.4, 0.5) is 23.8 Å². The smallest absolute Gasteiger partial charge is 0.153 e. The maximum Gasteiger partial charge on any atom is -0.153 e. The third-order valence-corrected chi connectivity index (χ3v) is 12.4. The van der Waals surface area contributed by atoms with Crippen molar-refractivity contribution >= 4 is 82.7 Å². The fourth-order valence-corrected chi connectivity index (χ4v) is 10.1. The predicted octanol–water partition coefficient (Wildman–Crippen LogP) is 5.68. The zero-order chi connectivity index (χ0) is 39.8. The van der Waals surface area contributed by atoms with E-state index in [1.54, 1.807) is 18.2 Å². The molecule has 0 radical (unpaired) electrons. The first-order valence-electron chi connectivity index (χ1n) is 19.3. The molecule has 9 rings (SSSR count). The predicted molar refractivity (Wildman–Crippen MR) is 225 cm³/mol. The van der Waals surface area contributed by atoms with Crippen molar-refractivity contribution in [1.29, 1.82) is 0 Å². The number of carbonyl (C=O) groups is 1. The summed E-state index contributed by atoms with van der Waals surface area (Å²) in [6.45, 7) is 7.17. The van der Waals surface area contributed by atoms with Gasteiger partial charge >= 0.3 is 232 Å². The number of nitrogens with zero attached hydrogens (tertiary/aromatic N) is 6. The van der Waals surface area contributed by atoms with Crippen molar-refractivity contribution in [1.82, 2.24) is 24.8 Å². The Labute approximate surface area is 366 Å². The number of thiol groups is 1. The maximum absolute atomic E-state index is 17.6. The molecule has 2 aromatic carbocycles. The minimum absolute atomic E-state index is 0. The van der Waals surface area contributed by atoms with E-state index in [9.17, 15) is 9.18 Å². The molecule has 4 aromatic rings. The summed E-state index contributed by atoms with van der Waals surface area (Å²) in [6, 6.07) is 5.26. The van der Waals surface area contributed by atoms with Crippen LogP contribution in [0.1, 0.15) is 58.4 Å². The van der Waals surface area contributed by atoms with Crippen molar-refractivity contribution in [3.05, 3.63) is 41.5 Å². The van der Waals surface area contributed by atoms with Crippen LogP contribution in [0.2, 0.25) is 0 Å². The quantitative estimate of drug-likeness (QED) is 0.0568. The number of aromatic nitrogens is 3. The Balaban J connectivity index is 0.00000264. The van der Waals surface area contributed by atoms with Gasteiger partial charge in [0.2, 0.25) is 0 Å². The van der Waals surface area contributed by atoms with E-state index in [0.717, 1.165) is 25.8 Å². The number of alkyl halides is 1. The number of fused-ring (bicyclic) bond motifs is 7. The van der Waals surface area contributed by atoms with E-state index in [4.69, 9.17) is 38.6 Å². The van der Waals surface area contributed by atoms with Gasteiger partial charge in [-0.2, -0.15) is 9.90 Å². The van der Waals surface area contributed by atoms with Crippen molar-refractivity contribution in [3.8, 4) is 38.3 Å². The first kappa shape index (κ1) is 43.7. The Hall–Kier alpha value is -3.37. The van der Waals surface area contributed by atoms with Gasteiger partial charge in [-0.05, 0) is 53.0 Å². The number of pyridine rings is 1. The van der Waals surface area contributed by atoms with E-state index in [0.29, 0.717) is 48.3 Å². The van der Waals surface area contributed by atoms with Crippen LogP contribution in [0.3, 0.4) is 0 Å². The Bertz CT molecular complexity index is 2370. The number of anilines is 1. The number of hydrogen-bond donors (Lipinski definition) is 0. The van der Waals surface area contributed by atoms with Crippen molar-refractivity contribution in [2.24, 2.45) is 0 Å². The first-order valence-corrected chi connectivity index (χ1v) is 21.6. The normalized spacial score (nSPS) is 24.2. The minimum atomic E-state index is -0.965. The van der Waals surface area contributed by atoms with Crippen LogP contribution in [-0.4, -0.2) is 139 Å². The first-order chi connectivity index (χ1) is 27.4. The van der Waals surface area contributed by atoms with Gasteiger partial charge in [-0.1, -0.05) is 0 Å². The van der Waals surface area contributed by atoms with E-state index in [1.165, 1.54) is 13.2 Å². The number of halogens is 3. The molecule has 4 fully saturated rings. The molecule has 6 atom stereocenters. The monoisotopic (exact) mass is 1040 g/mol. The van der Waals surface area contributed by atoms with Gasteiger partial charge < -0.3 is 18.2 Å². The Kier molecular flexibility index (Phi) is 12.5. The molecular weight excluding hydrogens is 997 g/mol. The second kappa shape index (κ2) is 16.8. The van der Waals surface area contributed by atoms with Gasteiger partial charge in [0.15, 0.2) is 0 Å². The zero-order valence-electron chi connectivity index (χ0n) is 33.4. The zero-order valence-corrected chi connectivity index (χ0v) is 40.2. The van der Waals surface area contributed by atoms with Gasteiger partial charge in [0.05, 0.1) is 11.6 Å². The SMILES string of the molecule is COCOc1cc(-c2nc3c4c(nc(OC[C@@]56CCCN5C[C@@H](F)C6)nc4c2F)N2C[C@H]4CC[C@@H]([C@@H]2CO3)N4C(=O)OC(C)(C)C)c2c(C#[C][Tl])c(F)ccc2c1.P.[SH-]. The molecule has 18 heteroatoms. The number of rotatable bonds is 7. The summed E-state index contributed by atoms with van der Waals surface area (Å²) >= 11 is 0.263. The summed E-state index contributed by atoms with van der Waals surface area (Å²) in [7, 11) is 1.49. The summed E-state index contributed by atoms with van der Waals surface area (Å²) in [6.07, 6.45) is 2.11. The Morgan fingerprint density at radius 1 is 1.08 bits per heavy atom. The maximum atomic E-state index is 17.6.